The van der Waals surface area contributed by atoms with Crippen LogP contribution in [0.5, 0.6) is 5.75 Å². The number of benzene rings is 2. The largest absolute Gasteiger partial charge is 0.497 e. The Morgan fingerprint density at radius 1 is 1.15 bits per heavy atom. The van der Waals surface area contributed by atoms with Gasteiger partial charge in [0.05, 0.1) is 17.8 Å². The summed E-state index contributed by atoms with van der Waals surface area (Å²) in [5, 5.41) is 9.21. The summed E-state index contributed by atoms with van der Waals surface area (Å²) in [6.45, 7) is 0.509. The van der Waals surface area contributed by atoms with Crippen LogP contribution >= 0.6 is 22.9 Å². The third-order valence-electron chi connectivity index (χ3n) is 3.66. The van der Waals surface area contributed by atoms with Crippen LogP contribution in [-0.4, -0.2) is 24.7 Å². The zero-order valence-electron chi connectivity index (χ0n) is 14.2. The molecule has 0 saturated heterocycles. The van der Waals surface area contributed by atoms with Crippen LogP contribution in [0, 0.1) is 0 Å². The van der Waals surface area contributed by atoms with Gasteiger partial charge in [0.2, 0.25) is 0 Å². The number of nitrogens with one attached hydrogen (secondary N) is 2. The minimum atomic E-state index is -0.251. The van der Waals surface area contributed by atoms with Crippen LogP contribution < -0.4 is 15.4 Å². The highest BCUT2D eigenvalue weighted by molar-refractivity contribution is 7.09. The van der Waals surface area contributed by atoms with E-state index in [-0.39, 0.29) is 6.03 Å². The van der Waals surface area contributed by atoms with E-state index in [1.54, 1.807) is 42.7 Å². The fraction of sp³-hybridized carbons (Fsp3) is 0.158. The number of nitrogens with zero attached hydrogens (tertiary/aromatic N) is 1. The number of anilines is 1. The third-order valence-corrected chi connectivity index (χ3v) is 4.82. The van der Waals surface area contributed by atoms with Crippen LogP contribution in [0.25, 0.3) is 11.3 Å². The number of thiazole rings is 1. The van der Waals surface area contributed by atoms with Crippen LogP contribution in [0.4, 0.5) is 10.5 Å². The van der Waals surface area contributed by atoms with Crippen molar-refractivity contribution in [2.24, 2.45) is 0 Å². The van der Waals surface area contributed by atoms with Crippen LogP contribution in [0.2, 0.25) is 5.02 Å². The van der Waals surface area contributed by atoms with Crippen molar-refractivity contribution in [3.8, 4) is 17.0 Å². The van der Waals surface area contributed by atoms with Gasteiger partial charge in [0.15, 0.2) is 0 Å². The first-order valence-corrected chi connectivity index (χ1v) is 9.29. The predicted octanol–water partition coefficient (Wildman–Crippen LogP) is 4.84. The Morgan fingerprint density at radius 3 is 2.58 bits per heavy atom. The van der Waals surface area contributed by atoms with Crippen molar-refractivity contribution in [1.29, 1.82) is 0 Å². The number of carbonyl (C=O) groups excluding carboxylic acids is 1. The summed E-state index contributed by atoms with van der Waals surface area (Å²) in [6.07, 6.45) is 0.675. The van der Waals surface area contributed by atoms with Crippen molar-refractivity contribution in [2.75, 3.05) is 19.0 Å². The molecule has 3 aromatic rings. The number of carbonyl (C=O) groups is 1. The molecule has 2 aromatic carbocycles. The number of halogens is 1. The second-order valence-corrected chi connectivity index (χ2v) is 6.87. The Balaban J connectivity index is 1.48. The Labute approximate surface area is 161 Å². The quantitative estimate of drug-likeness (QED) is 0.636. The second kappa shape index (κ2) is 8.69. The van der Waals surface area contributed by atoms with E-state index < -0.39 is 0 Å². The number of urea groups is 1. The van der Waals surface area contributed by atoms with E-state index in [1.807, 2.05) is 29.6 Å². The number of hydrogen-bond donors (Lipinski definition) is 2. The van der Waals surface area contributed by atoms with Crippen molar-refractivity contribution in [3.63, 3.8) is 0 Å². The maximum absolute atomic E-state index is 11.9. The van der Waals surface area contributed by atoms with Gasteiger partial charge in [-0.05, 0) is 48.5 Å². The second-order valence-electron chi connectivity index (χ2n) is 5.49. The monoisotopic (exact) mass is 387 g/mol. The smallest absolute Gasteiger partial charge is 0.319 e. The molecule has 0 atom stereocenters. The first-order chi connectivity index (χ1) is 12.6. The lowest BCUT2D eigenvalue weighted by atomic mass is 10.2. The van der Waals surface area contributed by atoms with Gasteiger partial charge in [-0.15, -0.1) is 11.3 Å². The van der Waals surface area contributed by atoms with E-state index in [9.17, 15) is 4.79 Å². The average Bonchev–Trinajstić information content (AvgIpc) is 3.12. The summed E-state index contributed by atoms with van der Waals surface area (Å²) < 4.78 is 5.16. The Bertz CT molecular complexity index is 863. The molecule has 0 aliphatic rings. The van der Waals surface area contributed by atoms with Gasteiger partial charge in [-0.3, -0.25) is 0 Å². The van der Waals surface area contributed by atoms with Gasteiger partial charge in [-0.2, -0.15) is 0 Å². The number of methoxy groups -OCH3 is 1. The summed E-state index contributed by atoms with van der Waals surface area (Å²) in [7, 11) is 1.64. The molecule has 0 bridgehead atoms. The summed E-state index contributed by atoms with van der Waals surface area (Å²) >= 11 is 7.40. The zero-order valence-corrected chi connectivity index (χ0v) is 15.7. The standard InChI is InChI=1S/C19H18ClN3O2S/c1-25-16-8-2-13(3-9-16)17-12-26-18(23-17)10-11-21-19(24)22-15-6-4-14(20)5-7-15/h2-9,12H,10-11H2,1H3,(H2,21,22,24). The molecular formula is C19H18ClN3O2S. The summed E-state index contributed by atoms with van der Waals surface area (Å²) in [6, 6.07) is 14.5. The third kappa shape index (κ3) is 4.97. The number of rotatable bonds is 6. The van der Waals surface area contributed by atoms with Gasteiger partial charge >= 0.3 is 6.03 Å². The summed E-state index contributed by atoms with van der Waals surface area (Å²) in [5.41, 5.74) is 2.67. The Kier molecular flexibility index (Phi) is 6.09. The van der Waals surface area contributed by atoms with Gasteiger partial charge in [0, 0.05) is 34.6 Å². The van der Waals surface area contributed by atoms with Gasteiger partial charge in [-0.1, -0.05) is 11.6 Å². The molecule has 1 aromatic heterocycles. The van der Waals surface area contributed by atoms with E-state index in [1.165, 1.54) is 0 Å². The van der Waals surface area contributed by atoms with Gasteiger partial charge in [-0.25, -0.2) is 9.78 Å². The van der Waals surface area contributed by atoms with Crippen molar-refractivity contribution in [3.05, 3.63) is 63.9 Å². The van der Waals surface area contributed by atoms with Crippen molar-refractivity contribution in [1.82, 2.24) is 10.3 Å². The molecule has 0 aliphatic heterocycles. The van der Waals surface area contributed by atoms with E-state index >= 15 is 0 Å². The molecule has 3 rings (SSSR count). The molecule has 0 spiro atoms. The minimum Gasteiger partial charge on any atom is -0.497 e. The first-order valence-electron chi connectivity index (χ1n) is 8.03. The molecule has 1 heterocycles. The zero-order chi connectivity index (χ0) is 18.4. The lowest BCUT2D eigenvalue weighted by molar-refractivity contribution is 0.252. The van der Waals surface area contributed by atoms with E-state index in [4.69, 9.17) is 16.3 Å². The average molecular weight is 388 g/mol. The first kappa shape index (κ1) is 18.2. The number of hydrogen-bond acceptors (Lipinski definition) is 4. The number of ether oxygens (including phenoxy) is 1. The SMILES string of the molecule is COc1ccc(-c2csc(CCNC(=O)Nc3ccc(Cl)cc3)n2)cc1. The molecule has 0 radical (unpaired) electrons. The Morgan fingerprint density at radius 2 is 1.88 bits per heavy atom. The molecule has 2 amide bonds. The predicted molar refractivity (Wildman–Crippen MR) is 106 cm³/mol. The lowest BCUT2D eigenvalue weighted by Gasteiger charge is -2.06. The van der Waals surface area contributed by atoms with Gasteiger partial charge in [0.25, 0.3) is 0 Å². The highest BCUT2D eigenvalue weighted by atomic mass is 35.5. The maximum atomic E-state index is 11.9. The minimum absolute atomic E-state index is 0.251. The molecule has 134 valence electrons. The van der Waals surface area contributed by atoms with E-state index in [0.29, 0.717) is 23.7 Å². The summed E-state index contributed by atoms with van der Waals surface area (Å²) in [5.74, 6) is 0.820. The van der Waals surface area contributed by atoms with E-state index in [2.05, 4.69) is 15.6 Å². The molecule has 0 unspecified atom stereocenters. The molecule has 7 heteroatoms. The normalized spacial score (nSPS) is 10.4. The summed E-state index contributed by atoms with van der Waals surface area (Å²) in [4.78, 5) is 16.5. The van der Waals surface area contributed by atoms with Crippen molar-refractivity contribution >= 4 is 34.7 Å². The van der Waals surface area contributed by atoms with Crippen molar-refractivity contribution in [2.45, 2.75) is 6.42 Å². The Hall–Kier alpha value is -2.57. The molecular weight excluding hydrogens is 370 g/mol. The number of amides is 2. The molecule has 26 heavy (non-hydrogen) atoms. The lowest BCUT2D eigenvalue weighted by Crippen LogP contribution is -2.30. The fourth-order valence-corrected chi connectivity index (χ4v) is 3.24. The van der Waals surface area contributed by atoms with Gasteiger partial charge < -0.3 is 15.4 Å². The fourth-order valence-electron chi connectivity index (χ4n) is 2.31. The number of aromatic nitrogens is 1. The molecule has 5 nitrogen and oxygen atoms in total. The van der Waals surface area contributed by atoms with Crippen LogP contribution in [0.15, 0.2) is 53.9 Å². The van der Waals surface area contributed by atoms with Crippen LogP contribution in [-0.2, 0) is 6.42 Å². The topological polar surface area (TPSA) is 63.2 Å². The van der Waals surface area contributed by atoms with Crippen LogP contribution in [0.1, 0.15) is 5.01 Å². The molecule has 0 saturated carbocycles. The molecule has 2 N–H and O–H groups in total. The van der Waals surface area contributed by atoms with Crippen LogP contribution in [0.3, 0.4) is 0 Å². The highest BCUT2D eigenvalue weighted by Gasteiger charge is 2.06. The molecule has 0 fully saturated rings. The van der Waals surface area contributed by atoms with Crippen molar-refractivity contribution < 1.29 is 9.53 Å². The molecule has 0 aliphatic carbocycles. The maximum Gasteiger partial charge on any atom is 0.319 e. The van der Waals surface area contributed by atoms with Gasteiger partial charge in [0.1, 0.15) is 5.75 Å². The van der Waals surface area contributed by atoms with E-state index in [0.717, 1.165) is 22.0 Å². The highest BCUT2D eigenvalue weighted by Crippen LogP contribution is 2.24.